The second-order valence-corrected chi connectivity index (χ2v) is 11.5. The molecule has 2 saturated heterocycles. The van der Waals surface area contributed by atoms with Crippen LogP contribution in [0.5, 0.6) is 5.75 Å². The van der Waals surface area contributed by atoms with Crippen LogP contribution in [-0.4, -0.2) is 58.3 Å². The van der Waals surface area contributed by atoms with Gasteiger partial charge in [0.25, 0.3) is 0 Å². The summed E-state index contributed by atoms with van der Waals surface area (Å²) in [6, 6.07) is 17.5. The predicted molar refractivity (Wildman–Crippen MR) is 145 cm³/mol. The number of hydrogen-bond acceptors (Lipinski definition) is 6. The zero-order valence-corrected chi connectivity index (χ0v) is 22.4. The number of benzene rings is 2. The molecule has 6 heteroatoms. The second kappa shape index (κ2) is 12.9. The van der Waals surface area contributed by atoms with E-state index in [2.05, 4.69) is 36.4 Å². The van der Waals surface area contributed by atoms with E-state index in [9.17, 15) is 0 Å². The molecule has 0 amide bonds. The molecule has 2 heterocycles. The van der Waals surface area contributed by atoms with E-state index in [0.29, 0.717) is 38.1 Å². The van der Waals surface area contributed by atoms with Gasteiger partial charge in [-0.15, -0.1) is 0 Å². The lowest BCUT2D eigenvalue weighted by Crippen LogP contribution is -2.28. The highest BCUT2D eigenvalue weighted by Crippen LogP contribution is 2.43. The highest BCUT2D eigenvalue weighted by Gasteiger charge is 2.32. The first-order chi connectivity index (χ1) is 18.8. The van der Waals surface area contributed by atoms with Gasteiger partial charge in [0.05, 0.1) is 32.5 Å². The molecule has 38 heavy (non-hydrogen) atoms. The molecular weight excluding hydrogens is 480 g/mol. The van der Waals surface area contributed by atoms with Crippen LogP contribution in [-0.2, 0) is 23.7 Å². The maximum Gasteiger partial charge on any atom is 0.189 e. The van der Waals surface area contributed by atoms with Gasteiger partial charge in [0.1, 0.15) is 24.8 Å². The third-order valence-corrected chi connectivity index (χ3v) is 8.84. The van der Waals surface area contributed by atoms with Gasteiger partial charge in [0, 0.05) is 0 Å². The molecule has 2 aliphatic heterocycles. The Morgan fingerprint density at radius 1 is 0.605 bits per heavy atom. The van der Waals surface area contributed by atoms with E-state index in [-0.39, 0.29) is 12.9 Å². The molecule has 4 fully saturated rings. The quantitative estimate of drug-likeness (QED) is 0.174. The van der Waals surface area contributed by atoms with Gasteiger partial charge in [-0.05, 0) is 97.9 Å². The van der Waals surface area contributed by atoms with Crippen molar-refractivity contribution in [1.29, 1.82) is 0 Å². The minimum absolute atomic E-state index is 0.262. The van der Waals surface area contributed by atoms with E-state index in [1.165, 1.54) is 68.1 Å². The van der Waals surface area contributed by atoms with Crippen molar-refractivity contribution in [1.82, 2.24) is 0 Å². The van der Waals surface area contributed by atoms with E-state index in [0.717, 1.165) is 30.8 Å². The monoisotopic (exact) mass is 522 g/mol. The van der Waals surface area contributed by atoms with Crippen LogP contribution in [0.2, 0.25) is 0 Å². The maximum absolute atomic E-state index is 5.95. The van der Waals surface area contributed by atoms with Crippen molar-refractivity contribution in [2.24, 2.45) is 11.8 Å². The Hall–Kier alpha value is -1.96. The van der Waals surface area contributed by atoms with Crippen molar-refractivity contribution in [3.8, 4) is 16.9 Å². The highest BCUT2D eigenvalue weighted by molar-refractivity contribution is 5.64. The Kier molecular flexibility index (Phi) is 8.94. The average molecular weight is 523 g/mol. The summed E-state index contributed by atoms with van der Waals surface area (Å²) in [4.78, 5) is 0. The first-order valence-electron chi connectivity index (χ1n) is 14.6. The summed E-state index contributed by atoms with van der Waals surface area (Å²) in [7, 11) is 0. The Labute approximate surface area is 226 Å². The van der Waals surface area contributed by atoms with Crippen LogP contribution in [0.1, 0.15) is 62.8 Å². The number of epoxide rings is 2. The van der Waals surface area contributed by atoms with E-state index < -0.39 is 0 Å². The summed E-state index contributed by atoms with van der Waals surface area (Å²) in [6.45, 7) is 3.62. The fraction of sp³-hybridized carbons (Fsp3) is 0.625. The highest BCUT2D eigenvalue weighted by atomic mass is 16.7. The van der Waals surface area contributed by atoms with Gasteiger partial charge < -0.3 is 28.4 Å². The molecular formula is C32H42O6. The van der Waals surface area contributed by atoms with E-state index >= 15 is 0 Å². The van der Waals surface area contributed by atoms with Crippen LogP contribution in [0.3, 0.4) is 0 Å². The zero-order valence-electron chi connectivity index (χ0n) is 22.4. The topological polar surface area (TPSA) is 62.0 Å². The Bertz CT molecular complexity index is 968. The molecule has 2 aliphatic carbocycles. The third kappa shape index (κ3) is 7.57. The molecule has 2 saturated carbocycles. The molecule has 0 aromatic heterocycles. The summed E-state index contributed by atoms with van der Waals surface area (Å²) in [5, 5.41) is 0. The van der Waals surface area contributed by atoms with Crippen molar-refractivity contribution in [3.63, 3.8) is 0 Å². The lowest BCUT2D eigenvalue weighted by atomic mass is 9.69. The van der Waals surface area contributed by atoms with Gasteiger partial charge in [-0.25, -0.2) is 0 Å². The van der Waals surface area contributed by atoms with Gasteiger partial charge in [0.2, 0.25) is 0 Å². The molecule has 0 spiro atoms. The number of rotatable bonds is 13. The van der Waals surface area contributed by atoms with Crippen LogP contribution in [0.15, 0.2) is 48.5 Å². The van der Waals surface area contributed by atoms with Crippen molar-refractivity contribution < 1.29 is 28.4 Å². The zero-order chi connectivity index (χ0) is 25.6. The minimum atomic E-state index is 0.262. The smallest absolute Gasteiger partial charge is 0.189 e. The van der Waals surface area contributed by atoms with Crippen molar-refractivity contribution in [2.75, 3.05) is 40.0 Å². The number of hydrogen-bond donors (Lipinski definition) is 0. The average Bonchev–Trinajstić information content (AvgIpc) is 3.91. The SMILES string of the molecule is c1cc(-c2ccc(C3CCC(C4CCC(OCOCC5CO5)CC4)CC3)cc2)ccc1OCOCC1CO1. The fourth-order valence-corrected chi connectivity index (χ4v) is 6.28. The largest absolute Gasteiger partial charge is 0.468 e. The molecule has 206 valence electrons. The van der Waals surface area contributed by atoms with Crippen LogP contribution in [0.25, 0.3) is 11.1 Å². The molecule has 2 aromatic carbocycles. The van der Waals surface area contributed by atoms with Gasteiger partial charge in [-0.1, -0.05) is 36.4 Å². The summed E-state index contributed by atoms with van der Waals surface area (Å²) >= 11 is 0. The molecule has 0 radical (unpaired) electrons. The molecule has 0 bridgehead atoms. The van der Waals surface area contributed by atoms with Gasteiger partial charge in [-0.3, -0.25) is 0 Å². The standard InChI is InChI=1S/C32H42O6/c1-5-25(27-9-13-29(14-10-27)37-21-33-17-31-19-35-31)6-2-23(1)24-3-7-26(8-4-24)28-11-15-30(16-12-28)38-22-34-18-32-20-36-32/h1-2,5-6,9-10,13-14,24,26,28,30-32H,3-4,7-8,11-12,15-22H2. The minimum Gasteiger partial charge on any atom is -0.468 e. The first kappa shape index (κ1) is 26.3. The molecule has 0 N–H and O–H groups in total. The normalized spacial score (nSPS) is 30.6. The Morgan fingerprint density at radius 2 is 1.13 bits per heavy atom. The summed E-state index contributed by atoms with van der Waals surface area (Å²) in [5.41, 5.74) is 3.96. The van der Waals surface area contributed by atoms with Crippen LogP contribution in [0.4, 0.5) is 0 Å². The fourth-order valence-electron chi connectivity index (χ4n) is 6.28. The maximum atomic E-state index is 5.95. The van der Waals surface area contributed by atoms with Crippen molar-refractivity contribution >= 4 is 0 Å². The summed E-state index contributed by atoms with van der Waals surface area (Å²) < 4.78 is 32.9. The van der Waals surface area contributed by atoms with Crippen LogP contribution >= 0.6 is 0 Å². The van der Waals surface area contributed by atoms with Crippen LogP contribution < -0.4 is 4.74 Å². The molecule has 4 aliphatic rings. The summed E-state index contributed by atoms with van der Waals surface area (Å²) in [6.07, 6.45) is 11.3. The van der Waals surface area contributed by atoms with Crippen molar-refractivity contribution in [3.05, 3.63) is 54.1 Å². The van der Waals surface area contributed by atoms with Gasteiger partial charge in [-0.2, -0.15) is 0 Å². The van der Waals surface area contributed by atoms with E-state index in [1.54, 1.807) is 0 Å². The van der Waals surface area contributed by atoms with Gasteiger partial charge >= 0.3 is 0 Å². The lowest BCUT2D eigenvalue weighted by Gasteiger charge is -2.38. The molecule has 2 aromatic rings. The second-order valence-electron chi connectivity index (χ2n) is 11.5. The third-order valence-electron chi connectivity index (χ3n) is 8.84. The lowest BCUT2D eigenvalue weighted by molar-refractivity contribution is -0.106. The molecule has 6 nitrogen and oxygen atoms in total. The Morgan fingerprint density at radius 3 is 1.71 bits per heavy atom. The predicted octanol–water partition coefficient (Wildman–Crippen LogP) is 6.33. The Balaban J connectivity index is 0.902. The molecule has 2 atom stereocenters. The van der Waals surface area contributed by atoms with Crippen LogP contribution in [0, 0.1) is 11.8 Å². The number of ether oxygens (including phenoxy) is 6. The van der Waals surface area contributed by atoms with Crippen molar-refractivity contribution in [2.45, 2.75) is 75.6 Å². The van der Waals surface area contributed by atoms with E-state index in [1.807, 2.05) is 12.1 Å². The summed E-state index contributed by atoms with van der Waals surface area (Å²) in [5.74, 6) is 3.30. The molecule has 2 unspecified atom stereocenters. The molecule has 6 rings (SSSR count). The first-order valence-corrected chi connectivity index (χ1v) is 14.6. The van der Waals surface area contributed by atoms with E-state index in [4.69, 9.17) is 28.4 Å². The van der Waals surface area contributed by atoms with Gasteiger partial charge in [0.15, 0.2) is 6.79 Å².